The topological polar surface area (TPSA) is 49.7 Å². The Morgan fingerprint density at radius 3 is 2.49 bits per heavy atom. The van der Waals surface area contributed by atoms with E-state index in [2.05, 4.69) is 85.5 Å². The molecule has 4 nitrogen and oxygen atoms in total. The lowest BCUT2D eigenvalue weighted by atomic mass is 9.88. The Balaban J connectivity index is 1.43. The number of rotatable bonds is 17. The molecule has 0 aliphatic heterocycles. The summed E-state index contributed by atoms with van der Waals surface area (Å²) in [7, 11) is 1.80. The van der Waals surface area contributed by atoms with Crippen molar-refractivity contribution in [2.24, 2.45) is 16.8 Å². The number of Topliss-reactive ketones (excluding diaryl/α,β-unsaturated/α-hetero) is 2. The summed E-state index contributed by atoms with van der Waals surface area (Å²) in [5, 5.41) is 0. The van der Waals surface area contributed by atoms with Gasteiger partial charge in [-0.25, -0.2) is 0 Å². The molecule has 0 spiro atoms. The van der Waals surface area contributed by atoms with E-state index in [1.54, 1.807) is 7.05 Å². The van der Waals surface area contributed by atoms with Gasteiger partial charge >= 0.3 is 0 Å². The normalized spacial score (nSPS) is 19.2. The molecular weight excluding hydrogens is 552 g/mol. The summed E-state index contributed by atoms with van der Waals surface area (Å²) in [6.07, 6.45) is 22.7. The van der Waals surface area contributed by atoms with Crippen LogP contribution in [0, 0.1) is 11.8 Å². The number of ketones is 2. The van der Waals surface area contributed by atoms with Gasteiger partial charge in [-0.2, -0.15) is 0 Å². The molecule has 1 fully saturated rings. The van der Waals surface area contributed by atoms with Crippen LogP contribution in [0.15, 0.2) is 94.7 Å². The Hall–Kier alpha value is -3.53. The number of aryl methyl sites for hydroxylation is 1. The molecule has 4 heteroatoms. The Morgan fingerprint density at radius 1 is 1.02 bits per heavy atom. The van der Waals surface area contributed by atoms with Gasteiger partial charge in [0, 0.05) is 56.7 Å². The third-order valence-electron chi connectivity index (χ3n) is 9.29. The maximum atomic E-state index is 12.9. The number of hydrogen-bond acceptors (Lipinski definition) is 4. The standard InChI is InChI=1S/C41H54N2O2/c1-6-9-33-10-8-11-35(41(45)28-33)17-14-32-12-15-34(16-13-32)37-25-31(4)26-38(29-37)39(20-22-42-5)43(23-7-2)24-21-30(3)27-40(44)36-18-19-36/h10,12-13,15-16,20,22,25,29,35-36H,3-4,6-9,11,14,17-19,21,23-24,26-28H2,1-2,5H3/b39-20+,42-22?. The van der Waals surface area contributed by atoms with Crippen LogP contribution < -0.4 is 0 Å². The highest BCUT2D eigenvalue weighted by atomic mass is 16.1. The van der Waals surface area contributed by atoms with Crippen LogP contribution in [-0.4, -0.2) is 42.8 Å². The van der Waals surface area contributed by atoms with Crippen molar-refractivity contribution in [1.82, 2.24) is 4.90 Å². The average Bonchev–Trinajstić information content (AvgIpc) is 3.88. The predicted octanol–water partition coefficient (Wildman–Crippen LogP) is 9.60. The predicted molar refractivity (Wildman–Crippen MR) is 190 cm³/mol. The summed E-state index contributed by atoms with van der Waals surface area (Å²) < 4.78 is 0. The lowest BCUT2D eigenvalue weighted by molar-refractivity contribution is -0.122. The van der Waals surface area contributed by atoms with E-state index in [1.807, 2.05) is 6.21 Å². The van der Waals surface area contributed by atoms with Gasteiger partial charge < -0.3 is 4.90 Å². The van der Waals surface area contributed by atoms with Gasteiger partial charge in [-0.15, -0.1) is 0 Å². The minimum atomic E-state index is 0.170. The van der Waals surface area contributed by atoms with Crippen LogP contribution in [0.25, 0.3) is 5.57 Å². The number of benzene rings is 1. The lowest BCUT2D eigenvalue weighted by Crippen LogP contribution is -2.27. The molecule has 1 atom stereocenters. The van der Waals surface area contributed by atoms with E-state index >= 15 is 0 Å². The minimum Gasteiger partial charge on any atom is -0.371 e. The molecule has 1 aromatic rings. The molecule has 0 radical (unpaired) electrons. The molecule has 0 saturated heterocycles. The second-order valence-electron chi connectivity index (χ2n) is 13.2. The molecule has 0 N–H and O–H groups in total. The second kappa shape index (κ2) is 17.2. The van der Waals surface area contributed by atoms with E-state index in [0.717, 1.165) is 106 Å². The van der Waals surface area contributed by atoms with Crippen molar-refractivity contribution in [2.75, 3.05) is 20.1 Å². The Labute approximate surface area is 272 Å². The highest BCUT2D eigenvalue weighted by Crippen LogP contribution is 2.35. The monoisotopic (exact) mass is 606 g/mol. The van der Waals surface area contributed by atoms with E-state index in [0.29, 0.717) is 24.4 Å². The molecule has 3 aliphatic rings. The van der Waals surface area contributed by atoms with Gasteiger partial charge in [-0.05, 0) is 98.6 Å². The molecule has 4 rings (SSSR count). The van der Waals surface area contributed by atoms with E-state index in [4.69, 9.17) is 0 Å². The van der Waals surface area contributed by atoms with Gasteiger partial charge in [-0.1, -0.05) is 86.6 Å². The van der Waals surface area contributed by atoms with Crippen molar-refractivity contribution < 1.29 is 9.59 Å². The van der Waals surface area contributed by atoms with Crippen molar-refractivity contribution in [3.8, 4) is 0 Å². The van der Waals surface area contributed by atoms with Crippen LogP contribution >= 0.6 is 0 Å². The molecular formula is C41H54N2O2. The summed E-state index contributed by atoms with van der Waals surface area (Å²) in [6, 6.07) is 8.87. The first-order valence-electron chi connectivity index (χ1n) is 17.3. The Kier molecular flexibility index (Phi) is 13.2. The lowest BCUT2D eigenvalue weighted by Gasteiger charge is -2.31. The number of allylic oxidation sites excluding steroid dienone is 8. The van der Waals surface area contributed by atoms with Crippen molar-refractivity contribution >= 4 is 23.4 Å². The van der Waals surface area contributed by atoms with Crippen LogP contribution in [0.3, 0.4) is 0 Å². The number of hydrogen-bond donors (Lipinski definition) is 0. The zero-order valence-corrected chi connectivity index (χ0v) is 28.1. The smallest absolute Gasteiger partial charge is 0.140 e. The fourth-order valence-electron chi connectivity index (χ4n) is 6.60. The first-order valence-corrected chi connectivity index (χ1v) is 17.3. The van der Waals surface area contributed by atoms with E-state index in [1.165, 1.54) is 22.3 Å². The van der Waals surface area contributed by atoms with Gasteiger partial charge in [0.05, 0.1) is 0 Å². The second-order valence-corrected chi connectivity index (χ2v) is 13.2. The molecule has 1 aromatic carbocycles. The van der Waals surface area contributed by atoms with Crippen molar-refractivity contribution in [2.45, 2.75) is 97.3 Å². The molecule has 0 bridgehead atoms. The molecule has 0 aromatic heterocycles. The zero-order valence-electron chi connectivity index (χ0n) is 28.1. The summed E-state index contributed by atoms with van der Waals surface area (Å²) in [5.74, 6) is 1.24. The van der Waals surface area contributed by atoms with E-state index < -0.39 is 0 Å². The van der Waals surface area contributed by atoms with Crippen molar-refractivity contribution in [1.29, 1.82) is 0 Å². The summed E-state index contributed by atoms with van der Waals surface area (Å²) >= 11 is 0. The third-order valence-corrected chi connectivity index (χ3v) is 9.29. The summed E-state index contributed by atoms with van der Waals surface area (Å²) in [5.41, 5.74) is 9.48. The molecule has 1 unspecified atom stereocenters. The van der Waals surface area contributed by atoms with Gasteiger partial charge in [-0.3, -0.25) is 14.6 Å². The van der Waals surface area contributed by atoms with Crippen molar-refractivity contribution in [3.63, 3.8) is 0 Å². The SMILES string of the molecule is C=C1C=C(c2ccc(CCC3CCC=C(CCC)CC3=O)cc2)C=C(/C(=C\C=NC)N(CCC)CCC(=C)CC(=O)C2CC2)C1. The molecule has 240 valence electrons. The van der Waals surface area contributed by atoms with Crippen LogP contribution in [-0.2, 0) is 16.0 Å². The maximum Gasteiger partial charge on any atom is 0.140 e. The first kappa shape index (κ1) is 34.3. The summed E-state index contributed by atoms with van der Waals surface area (Å²) in [4.78, 5) is 32.0. The number of carbonyl (C=O) groups is 2. The maximum absolute atomic E-state index is 12.9. The van der Waals surface area contributed by atoms with Crippen LogP contribution in [0.4, 0.5) is 0 Å². The van der Waals surface area contributed by atoms with Gasteiger partial charge in [0.15, 0.2) is 0 Å². The minimum absolute atomic E-state index is 0.170. The average molecular weight is 607 g/mol. The van der Waals surface area contributed by atoms with Crippen LogP contribution in [0.1, 0.15) is 102 Å². The number of nitrogens with zero attached hydrogens (tertiary/aromatic N) is 2. The molecule has 0 heterocycles. The fourth-order valence-corrected chi connectivity index (χ4v) is 6.60. The largest absolute Gasteiger partial charge is 0.371 e. The highest BCUT2D eigenvalue weighted by Gasteiger charge is 2.29. The van der Waals surface area contributed by atoms with Crippen molar-refractivity contribution in [3.05, 3.63) is 101 Å². The molecule has 3 aliphatic carbocycles. The van der Waals surface area contributed by atoms with Crippen LogP contribution in [0.5, 0.6) is 0 Å². The van der Waals surface area contributed by atoms with Crippen LogP contribution in [0.2, 0.25) is 0 Å². The fraction of sp³-hybridized carbons (Fsp3) is 0.488. The van der Waals surface area contributed by atoms with Gasteiger partial charge in [0.25, 0.3) is 0 Å². The summed E-state index contributed by atoms with van der Waals surface area (Å²) in [6.45, 7) is 14.8. The van der Waals surface area contributed by atoms with Gasteiger partial charge in [0.2, 0.25) is 0 Å². The molecule has 0 amide bonds. The Morgan fingerprint density at radius 2 is 1.80 bits per heavy atom. The van der Waals surface area contributed by atoms with Gasteiger partial charge in [0.1, 0.15) is 11.6 Å². The first-order chi connectivity index (χ1) is 21.8. The quantitative estimate of drug-likeness (QED) is 0.131. The molecule has 1 saturated carbocycles. The van der Waals surface area contributed by atoms with E-state index in [9.17, 15) is 9.59 Å². The number of aliphatic imine (C=N–C) groups is 1. The number of carbonyl (C=O) groups excluding carboxylic acids is 2. The molecule has 45 heavy (non-hydrogen) atoms. The van der Waals surface area contributed by atoms with E-state index in [-0.39, 0.29) is 11.8 Å². The third kappa shape index (κ3) is 10.5. The Bertz CT molecular complexity index is 1380. The zero-order chi connectivity index (χ0) is 32.2. The highest BCUT2D eigenvalue weighted by molar-refractivity contribution is 5.85.